The van der Waals surface area contributed by atoms with E-state index in [1.807, 2.05) is 0 Å². The largest absolute Gasteiger partial charge is 0.319 e. The van der Waals surface area contributed by atoms with E-state index in [-0.39, 0.29) is 0 Å². The molecule has 1 N–H and O–H groups in total. The predicted molar refractivity (Wildman–Crippen MR) is 83.5 cm³/mol. The molecule has 1 saturated carbocycles. The number of benzene rings is 1. The van der Waals surface area contributed by atoms with E-state index in [0.717, 1.165) is 11.8 Å². The fraction of sp³-hybridized carbons (Fsp3) is 0.667. The van der Waals surface area contributed by atoms with Crippen molar-refractivity contribution in [2.24, 2.45) is 11.3 Å². The van der Waals surface area contributed by atoms with Gasteiger partial charge < -0.3 is 5.32 Å². The van der Waals surface area contributed by atoms with Gasteiger partial charge in [-0.3, -0.25) is 0 Å². The van der Waals surface area contributed by atoms with Gasteiger partial charge in [0.25, 0.3) is 0 Å². The fourth-order valence-corrected chi connectivity index (χ4v) is 3.79. The normalized spacial score (nSPS) is 25.0. The Morgan fingerprint density at radius 3 is 2.53 bits per heavy atom. The Labute approximate surface area is 118 Å². The zero-order valence-corrected chi connectivity index (χ0v) is 12.8. The van der Waals surface area contributed by atoms with E-state index < -0.39 is 0 Å². The van der Waals surface area contributed by atoms with Gasteiger partial charge in [-0.1, -0.05) is 57.0 Å². The highest BCUT2D eigenvalue weighted by Gasteiger charge is 2.51. The molecule has 1 aromatic rings. The third kappa shape index (κ3) is 3.20. The highest BCUT2D eigenvalue weighted by Crippen LogP contribution is 2.59. The van der Waals surface area contributed by atoms with E-state index >= 15 is 0 Å². The van der Waals surface area contributed by atoms with E-state index in [0.29, 0.717) is 5.41 Å². The monoisotopic (exact) mass is 259 g/mol. The van der Waals surface area contributed by atoms with Crippen LogP contribution in [0.4, 0.5) is 0 Å². The Kier molecular flexibility index (Phi) is 5.04. The van der Waals surface area contributed by atoms with E-state index in [4.69, 9.17) is 0 Å². The van der Waals surface area contributed by atoms with Gasteiger partial charge in [-0.25, -0.2) is 0 Å². The van der Waals surface area contributed by atoms with Crippen LogP contribution in [0.1, 0.15) is 57.4 Å². The zero-order valence-electron chi connectivity index (χ0n) is 12.8. The number of hydrogen-bond acceptors (Lipinski definition) is 1. The summed E-state index contributed by atoms with van der Waals surface area (Å²) in [4.78, 5) is 0. The molecule has 0 saturated heterocycles. The van der Waals surface area contributed by atoms with E-state index in [2.05, 4.69) is 56.5 Å². The zero-order chi connectivity index (χ0) is 13.7. The third-order valence-corrected chi connectivity index (χ3v) is 5.07. The number of nitrogens with one attached hydrogen (secondary N) is 1. The summed E-state index contributed by atoms with van der Waals surface area (Å²) in [6.45, 7) is 5.87. The van der Waals surface area contributed by atoms with Crippen molar-refractivity contribution in [3.8, 4) is 0 Å². The van der Waals surface area contributed by atoms with Gasteiger partial charge in [-0.2, -0.15) is 0 Å². The van der Waals surface area contributed by atoms with Crippen molar-refractivity contribution in [2.45, 2.75) is 51.9 Å². The van der Waals surface area contributed by atoms with Crippen LogP contribution in [-0.4, -0.2) is 13.6 Å². The highest BCUT2D eigenvalue weighted by atomic mass is 14.8. The lowest BCUT2D eigenvalue weighted by molar-refractivity contribution is 0.192. The summed E-state index contributed by atoms with van der Waals surface area (Å²) in [7, 11) is 2.11. The van der Waals surface area contributed by atoms with Gasteiger partial charge in [-0.05, 0) is 49.1 Å². The maximum Gasteiger partial charge on any atom is 0.000758 e. The summed E-state index contributed by atoms with van der Waals surface area (Å²) in [5.74, 6) is 1.70. The van der Waals surface area contributed by atoms with Crippen molar-refractivity contribution >= 4 is 0 Å². The molecular formula is C18H29N. The Bertz CT molecular complexity index is 373. The van der Waals surface area contributed by atoms with Gasteiger partial charge in [0.15, 0.2) is 0 Å². The molecule has 1 fully saturated rings. The lowest BCUT2D eigenvalue weighted by atomic mass is 9.74. The van der Waals surface area contributed by atoms with Crippen LogP contribution in [0.25, 0.3) is 0 Å². The molecule has 0 heterocycles. The van der Waals surface area contributed by atoms with E-state index in [9.17, 15) is 0 Å². The molecule has 1 heteroatoms. The molecule has 0 radical (unpaired) electrons. The van der Waals surface area contributed by atoms with E-state index in [1.54, 1.807) is 5.56 Å². The maximum absolute atomic E-state index is 3.46. The first-order valence-corrected chi connectivity index (χ1v) is 7.97. The molecule has 0 spiro atoms. The van der Waals surface area contributed by atoms with Crippen molar-refractivity contribution in [3.05, 3.63) is 35.9 Å². The summed E-state index contributed by atoms with van der Waals surface area (Å²) in [5.41, 5.74) is 2.07. The van der Waals surface area contributed by atoms with Crippen molar-refractivity contribution in [1.29, 1.82) is 0 Å². The molecule has 0 amide bonds. The van der Waals surface area contributed by atoms with Crippen LogP contribution in [0.15, 0.2) is 30.3 Å². The van der Waals surface area contributed by atoms with Crippen molar-refractivity contribution in [1.82, 2.24) is 5.32 Å². The minimum atomic E-state index is 0.519. The van der Waals surface area contributed by atoms with Crippen LogP contribution in [0, 0.1) is 11.3 Å². The Morgan fingerprint density at radius 2 is 1.95 bits per heavy atom. The van der Waals surface area contributed by atoms with Crippen LogP contribution in [0.2, 0.25) is 0 Å². The van der Waals surface area contributed by atoms with Gasteiger partial charge in [0.2, 0.25) is 0 Å². The maximum atomic E-state index is 3.46. The lowest BCUT2D eigenvalue weighted by Gasteiger charge is -2.34. The average molecular weight is 259 g/mol. The van der Waals surface area contributed by atoms with Crippen LogP contribution in [0.3, 0.4) is 0 Å². The molecular weight excluding hydrogens is 230 g/mol. The van der Waals surface area contributed by atoms with Gasteiger partial charge in [0.05, 0.1) is 0 Å². The Hall–Kier alpha value is -0.820. The minimum absolute atomic E-state index is 0.519. The summed E-state index contributed by atoms with van der Waals surface area (Å²) < 4.78 is 0. The topological polar surface area (TPSA) is 12.0 Å². The fourth-order valence-electron chi connectivity index (χ4n) is 3.79. The Balaban J connectivity index is 2.08. The molecule has 1 nitrogen and oxygen atoms in total. The molecule has 0 bridgehead atoms. The standard InChI is InChI=1S/C18H29N/c1-4-6-12-18(5-2,14-19-3)17-13-16(17)15-10-8-7-9-11-15/h7-11,16-17,19H,4-6,12-14H2,1-3H3. The molecule has 1 aromatic carbocycles. The SMILES string of the molecule is CCCCC(CC)(CNC)C1CC1c1ccccc1. The molecule has 1 aliphatic carbocycles. The average Bonchev–Trinajstić information content (AvgIpc) is 3.25. The Morgan fingerprint density at radius 1 is 1.21 bits per heavy atom. The van der Waals surface area contributed by atoms with Crippen molar-refractivity contribution in [2.75, 3.05) is 13.6 Å². The molecule has 1 aliphatic rings. The second kappa shape index (κ2) is 6.56. The quantitative estimate of drug-likeness (QED) is 0.719. The molecule has 0 aromatic heterocycles. The van der Waals surface area contributed by atoms with Gasteiger partial charge >= 0.3 is 0 Å². The van der Waals surface area contributed by atoms with Crippen LogP contribution in [0.5, 0.6) is 0 Å². The summed E-state index contributed by atoms with van der Waals surface area (Å²) in [5, 5.41) is 3.46. The van der Waals surface area contributed by atoms with Crippen molar-refractivity contribution < 1.29 is 0 Å². The number of hydrogen-bond donors (Lipinski definition) is 1. The first kappa shape index (κ1) is 14.6. The van der Waals surface area contributed by atoms with E-state index in [1.165, 1.54) is 38.6 Å². The van der Waals surface area contributed by atoms with Gasteiger partial charge in [0.1, 0.15) is 0 Å². The summed E-state index contributed by atoms with van der Waals surface area (Å²) in [6, 6.07) is 11.1. The number of rotatable bonds is 8. The van der Waals surface area contributed by atoms with Crippen LogP contribution in [-0.2, 0) is 0 Å². The second-order valence-corrected chi connectivity index (χ2v) is 6.21. The predicted octanol–water partition coefficient (Wildman–Crippen LogP) is 4.60. The first-order chi connectivity index (χ1) is 9.27. The van der Waals surface area contributed by atoms with Crippen LogP contribution < -0.4 is 5.32 Å². The molecule has 2 rings (SSSR count). The molecule has 3 unspecified atom stereocenters. The van der Waals surface area contributed by atoms with Crippen molar-refractivity contribution in [3.63, 3.8) is 0 Å². The van der Waals surface area contributed by atoms with Gasteiger partial charge in [0, 0.05) is 6.54 Å². The first-order valence-electron chi connectivity index (χ1n) is 7.97. The number of unbranched alkanes of at least 4 members (excludes halogenated alkanes) is 1. The molecule has 106 valence electrons. The molecule has 0 aliphatic heterocycles. The van der Waals surface area contributed by atoms with Crippen LogP contribution >= 0.6 is 0 Å². The molecule has 3 atom stereocenters. The highest BCUT2D eigenvalue weighted by molar-refractivity contribution is 5.27. The second-order valence-electron chi connectivity index (χ2n) is 6.21. The summed E-state index contributed by atoms with van der Waals surface area (Å²) >= 11 is 0. The van der Waals surface area contributed by atoms with Gasteiger partial charge in [-0.15, -0.1) is 0 Å². The lowest BCUT2D eigenvalue weighted by Crippen LogP contribution is -2.34. The summed E-state index contributed by atoms with van der Waals surface area (Å²) in [6.07, 6.45) is 6.77. The third-order valence-electron chi connectivity index (χ3n) is 5.07. The minimum Gasteiger partial charge on any atom is -0.319 e. The molecule has 19 heavy (non-hydrogen) atoms. The smallest absolute Gasteiger partial charge is 0.000758 e.